The van der Waals surface area contributed by atoms with E-state index in [4.69, 9.17) is 0 Å². The third-order valence-electron chi connectivity index (χ3n) is 3.13. The Kier molecular flexibility index (Phi) is 2.46. The Morgan fingerprint density at radius 3 is 2.79 bits per heavy atom. The Morgan fingerprint density at radius 2 is 2.29 bits per heavy atom. The van der Waals surface area contributed by atoms with Gasteiger partial charge in [0.25, 0.3) is 5.56 Å². The number of hydrogen-bond acceptors (Lipinski definition) is 2. The van der Waals surface area contributed by atoms with Crippen LogP contribution in [0.5, 0.6) is 0 Å². The van der Waals surface area contributed by atoms with Crippen LogP contribution >= 0.6 is 0 Å². The van der Waals surface area contributed by atoms with Gasteiger partial charge in [-0.1, -0.05) is 0 Å². The van der Waals surface area contributed by atoms with E-state index in [9.17, 15) is 4.79 Å². The SMILES string of the molecule is Cn1c(CC2CCNC2)cc(=O)n1C. The van der Waals surface area contributed by atoms with Crippen LogP contribution in [0.3, 0.4) is 0 Å². The maximum Gasteiger partial charge on any atom is 0.266 e. The summed E-state index contributed by atoms with van der Waals surface area (Å²) in [5.41, 5.74) is 1.24. The van der Waals surface area contributed by atoms with Gasteiger partial charge in [0, 0.05) is 25.9 Å². The molecule has 1 aliphatic heterocycles. The molecule has 1 aromatic rings. The largest absolute Gasteiger partial charge is 0.316 e. The molecule has 1 saturated heterocycles. The van der Waals surface area contributed by atoms with Crippen molar-refractivity contribution in [1.82, 2.24) is 14.7 Å². The number of nitrogens with one attached hydrogen (secondary N) is 1. The van der Waals surface area contributed by atoms with E-state index >= 15 is 0 Å². The molecule has 1 unspecified atom stereocenters. The minimum atomic E-state index is 0.0912. The van der Waals surface area contributed by atoms with Gasteiger partial charge in [-0.3, -0.25) is 14.2 Å². The highest BCUT2D eigenvalue weighted by atomic mass is 16.1. The van der Waals surface area contributed by atoms with Gasteiger partial charge in [0.05, 0.1) is 0 Å². The van der Waals surface area contributed by atoms with Crippen molar-refractivity contribution in [3.8, 4) is 0 Å². The molecule has 2 heterocycles. The summed E-state index contributed by atoms with van der Waals surface area (Å²) in [4.78, 5) is 11.4. The van der Waals surface area contributed by atoms with E-state index in [2.05, 4.69) is 5.32 Å². The summed E-state index contributed by atoms with van der Waals surface area (Å²) in [6.07, 6.45) is 2.24. The fourth-order valence-electron chi connectivity index (χ4n) is 2.05. The Hall–Kier alpha value is -1.03. The zero-order valence-electron chi connectivity index (χ0n) is 8.79. The van der Waals surface area contributed by atoms with E-state index in [0.717, 1.165) is 25.2 Å². The summed E-state index contributed by atoms with van der Waals surface area (Å²) < 4.78 is 3.60. The van der Waals surface area contributed by atoms with Gasteiger partial charge in [-0.15, -0.1) is 0 Å². The second kappa shape index (κ2) is 3.61. The van der Waals surface area contributed by atoms with Gasteiger partial charge in [0.15, 0.2) is 0 Å². The average Bonchev–Trinajstić information content (AvgIpc) is 2.73. The smallest absolute Gasteiger partial charge is 0.266 e. The molecule has 0 aromatic carbocycles. The van der Waals surface area contributed by atoms with Gasteiger partial charge in [-0.05, 0) is 31.8 Å². The zero-order chi connectivity index (χ0) is 10.1. The first-order valence-electron chi connectivity index (χ1n) is 5.11. The molecule has 1 N–H and O–H groups in total. The molecule has 0 radical (unpaired) electrons. The molecule has 0 saturated carbocycles. The lowest BCUT2D eigenvalue weighted by Crippen LogP contribution is -2.17. The summed E-state index contributed by atoms with van der Waals surface area (Å²) in [6.45, 7) is 2.20. The predicted octanol–water partition coefficient (Wildman–Crippen LogP) is -0.124. The quantitative estimate of drug-likeness (QED) is 0.714. The van der Waals surface area contributed by atoms with Crippen molar-refractivity contribution in [2.24, 2.45) is 20.0 Å². The Balaban J connectivity index is 2.16. The van der Waals surface area contributed by atoms with Crippen molar-refractivity contribution in [2.45, 2.75) is 12.8 Å². The van der Waals surface area contributed by atoms with Crippen LogP contribution in [0.4, 0.5) is 0 Å². The van der Waals surface area contributed by atoms with Crippen LogP contribution < -0.4 is 10.9 Å². The fraction of sp³-hybridized carbons (Fsp3) is 0.700. The summed E-state index contributed by atoms with van der Waals surface area (Å²) in [5.74, 6) is 0.697. The fourth-order valence-corrected chi connectivity index (χ4v) is 2.05. The Labute approximate surface area is 83.5 Å². The summed E-state index contributed by atoms with van der Waals surface area (Å²) in [6, 6.07) is 1.75. The molecule has 4 nitrogen and oxygen atoms in total. The van der Waals surface area contributed by atoms with Gasteiger partial charge in [0.1, 0.15) is 0 Å². The van der Waals surface area contributed by atoms with Crippen molar-refractivity contribution in [3.05, 3.63) is 22.1 Å². The van der Waals surface area contributed by atoms with Crippen LogP contribution in [-0.2, 0) is 20.5 Å². The van der Waals surface area contributed by atoms with Crippen molar-refractivity contribution >= 4 is 0 Å². The third kappa shape index (κ3) is 1.62. The van der Waals surface area contributed by atoms with E-state index in [-0.39, 0.29) is 5.56 Å². The van der Waals surface area contributed by atoms with Gasteiger partial charge in [-0.2, -0.15) is 0 Å². The second-order valence-corrected chi connectivity index (χ2v) is 4.08. The summed E-state index contributed by atoms with van der Waals surface area (Å²) in [5, 5.41) is 3.34. The molecule has 1 aromatic heterocycles. The molecule has 78 valence electrons. The third-order valence-corrected chi connectivity index (χ3v) is 3.13. The number of hydrogen-bond donors (Lipinski definition) is 1. The van der Waals surface area contributed by atoms with Crippen LogP contribution in [0.2, 0.25) is 0 Å². The minimum Gasteiger partial charge on any atom is -0.316 e. The maximum absolute atomic E-state index is 11.4. The van der Waals surface area contributed by atoms with Crippen LogP contribution in [0.25, 0.3) is 0 Å². The Morgan fingerprint density at radius 1 is 1.50 bits per heavy atom. The van der Waals surface area contributed by atoms with Crippen LogP contribution in [0.15, 0.2) is 10.9 Å². The lowest BCUT2D eigenvalue weighted by molar-refractivity contribution is 0.509. The minimum absolute atomic E-state index is 0.0912. The van der Waals surface area contributed by atoms with Gasteiger partial charge < -0.3 is 5.32 Å². The molecule has 0 amide bonds. The topological polar surface area (TPSA) is 39.0 Å². The number of aromatic nitrogens is 2. The Bertz CT molecular complexity index is 371. The summed E-state index contributed by atoms with van der Waals surface area (Å²) >= 11 is 0. The highest BCUT2D eigenvalue weighted by Crippen LogP contribution is 2.13. The monoisotopic (exact) mass is 195 g/mol. The molecular weight excluding hydrogens is 178 g/mol. The molecule has 14 heavy (non-hydrogen) atoms. The lowest BCUT2D eigenvalue weighted by atomic mass is 10.0. The molecule has 1 fully saturated rings. The average molecular weight is 195 g/mol. The summed E-state index contributed by atoms with van der Waals surface area (Å²) in [7, 11) is 3.75. The van der Waals surface area contributed by atoms with Gasteiger partial charge in [-0.25, -0.2) is 0 Å². The number of nitrogens with zero attached hydrogens (tertiary/aromatic N) is 2. The van der Waals surface area contributed by atoms with Gasteiger partial charge >= 0.3 is 0 Å². The maximum atomic E-state index is 11.4. The highest BCUT2D eigenvalue weighted by Gasteiger charge is 2.17. The molecule has 0 aliphatic carbocycles. The van der Waals surface area contributed by atoms with E-state index in [1.165, 1.54) is 6.42 Å². The van der Waals surface area contributed by atoms with Gasteiger partial charge in [0.2, 0.25) is 0 Å². The first kappa shape index (κ1) is 9.52. The van der Waals surface area contributed by atoms with E-state index in [0.29, 0.717) is 5.92 Å². The molecule has 2 rings (SSSR count). The zero-order valence-corrected chi connectivity index (χ0v) is 8.79. The standard InChI is InChI=1S/C10H17N3O/c1-12-9(6-10(14)13(12)2)5-8-3-4-11-7-8/h6,8,11H,3-5,7H2,1-2H3. The molecule has 0 bridgehead atoms. The molecule has 0 spiro atoms. The molecular formula is C10H17N3O. The second-order valence-electron chi connectivity index (χ2n) is 4.08. The highest BCUT2D eigenvalue weighted by molar-refractivity contribution is 5.03. The van der Waals surface area contributed by atoms with Crippen LogP contribution in [-0.4, -0.2) is 22.5 Å². The van der Waals surface area contributed by atoms with Crippen molar-refractivity contribution in [3.63, 3.8) is 0 Å². The molecule has 4 heteroatoms. The normalized spacial score (nSPS) is 21.7. The van der Waals surface area contributed by atoms with Crippen molar-refractivity contribution in [1.29, 1.82) is 0 Å². The van der Waals surface area contributed by atoms with Crippen molar-refractivity contribution < 1.29 is 0 Å². The van der Waals surface area contributed by atoms with Crippen molar-refractivity contribution in [2.75, 3.05) is 13.1 Å². The molecule has 1 atom stereocenters. The van der Waals surface area contributed by atoms with E-state index < -0.39 is 0 Å². The van der Waals surface area contributed by atoms with E-state index in [1.54, 1.807) is 17.8 Å². The van der Waals surface area contributed by atoms with Crippen LogP contribution in [0, 0.1) is 5.92 Å². The van der Waals surface area contributed by atoms with Crippen LogP contribution in [0.1, 0.15) is 12.1 Å². The first-order chi connectivity index (χ1) is 6.68. The van der Waals surface area contributed by atoms with E-state index in [1.807, 2.05) is 11.7 Å². The predicted molar refractivity (Wildman–Crippen MR) is 55.3 cm³/mol. The lowest BCUT2D eigenvalue weighted by Gasteiger charge is -2.09. The number of rotatable bonds is 2. The first-order valence-corrected chi connectivity index (χ1v) is 5.11. The molecule has 1 aliphatic rings.